The highest BCUT2D eigenvalue weighted by Crippen LogP contribution is 2.38. The molecule has 1 atom stereocenters. The first-order valence-electron chi connectivity index (χ1n) is 9.29. The second kappa shape index (κ2) is 8.03. The number of hydrazone groups is 1. The largest absolute Gasteiger partial charge is 0.497 e. The van der Waals surface area contributed by atoms with Crippen LogP contribution in [-0.2, 0) is 6.18 Å². The van der Waals surface area contributed by atoms with E-state index in [0.717, 1.165) is 34.7 Å². The number of benzene rings is 3. The van der Waals surface area contributed by atoms with Crippen molar-refractivity contribution in [2.45, 2.75) is 18.6 Å². The second-order valence-electron chi connectivity index (χ2n) is 6.94. The Bertz CT molecular complexity index is 1050. The van der Waals surface area contributed by atoms with Gasteiger partial charge < -0.3 is 4.74 Å². The third kappa shape index (κ3) is 4.14. The van der Waals surface area contributed by atoms with Gasteiger partial charge >= 0.3 is 6.18 Å². The van der Waals surface area contributed by atoms with E-state index in [2.05, 4.69) is 0 Å². The molecule has 0 N–H and O–H groups in total. The second-order valence-corrected chi connectivity index (χ2v) is 7.37. The van der Waals surface area contributed by atoms with Crippen LogP contribution in [0.2, 0.25) is 5.02 Å². The monoisotopic (exact) mass is 430 g/mol. The van der Waals surface area contributed by atoms with E-state index in [4.69, 9.17) is 21.4 Å². The predicted octanol–water partition coefficient (Wildman–Crippen LogP) is 6.72. The van der Waals surface area contributed by atoms with Crippen molar-refractivity contribution in [1.29, 1.82) is 0 Å². The lowest BCUT2D eigenvalue weighted by molar-refractivity contribution is -0.137. The number of hydrogen-bond donors (Lipinski definition) is 0. The minimum atomic E-state index is -4.38. The van der Waals surface area contributed by atoms with Crippen LogP contribution in [0.3, 0.4) is 0 Å². The molecule has 0 spiro atoms. The van der Waals surface area contributed by atoms with Crippen molar-refractivity contribution < 1.29 is 17.9 Å². The van der Waals surface area contributed by atoms with Crippen molar-refractivity contribution in [3.05, 3.63) is 94.5 Å². The van der Waals surface area contributed by atoms with Crippen LogP contribution in [0.15, 0.2) is 77.9 Å². The summed E-state index contributed by atoms with van der Waals surface area (Å²) in [5.74, 6) is 0.742. The Morgan fingerprint density at radius 2 is 1.57 bits per heavy atom. The maximum atomic E-state index is 13.0. The normalized spacial score (nSPS) is 16.5. The molecule has 7 heteroatoms. The van der Waals surface area contributed by atoms with Crippen LogP contribution in [0.25, 0.3) is 0 Å². The molecule has 0 aliphatic carbocycles. The van der Waals surface area contributed by atoms with E-state index >= 15 is 0 Å². The fourth-order valence-corrected chi connectivity index (χ4v) is 3.58. The van der Waals surface area contributed by atoms with Gasteiger partial charge in [0.05, 0.1) is 30.1 Å². The van der Waals surface area contributed by atoms with E-state index in [-0.39, 0.29) is 6.04 Å². The van der Waals surface area contributed by atoms with E-state index in [1.165, 1.54) is 12.1 Å². The van der Waals surface area contributed by atoms with Crippen LogP contribution in [0.5, 0.6) is 5.75 Å². The van der Waals surface area contributed by atoms with Crippen LogP contribution < -0.4 is 9.75 Å². The van der Waals surface area contributed by atoms with Crippen LogP contribution >= 0.6 is 11.6 Å². The van der Waals surface area contributed by atoms with Crippen molar-refractivity contribution >= 4 is 23.0 Å². The van der Waals surface area contributed by atoms with Crippen LogP contribution in [0.1, 0.15) is 29.2 Å². The highest BCUT2D eigenvalue weighted by molar-refractivity contribution is 6.30. The van der Waals surface area contributed by atoms with Gasteiger partial charge in [-0.15, -0.1) is 0 Å². The highest BCUT2D eigenvalue weighted by Gasteiger charge is 2.32. The van der Waals surface area contributed by atoms with Gasteiger partial charge in [0.15, 0.2) is 0 Å². The molecule has 1 aliphatic heterocycles. The minimum absolute atomic E-state index is 0.156. The maximum absolute atomic E-state index is 13.0. The van der Waals surface area contributed by atoms with Crippen molar-refractivity contribution in [3.63, 3.8) is 0 Å². The molecule has 0 bridgehead atoms. The molecule has 3 nitrogen and oxygen atoms in total. The van der Waals surface area contributed by atoms with Gasteiger partial charge in [-0.25, -0.2) is 0 Å². The average Bonchev–Trinajstić information content (AvgIpc) is 3.19. The smallest absolute Gasteiger partial charge is 0.416 e. The summed E-state index contributed by atoms with van der Waals surface area (Å²) >= 11 is 6.02. The number of anilines is 1. The molecule has 30 heavy (non-hydrogen) atoms. The molecule has 0 aromatic heterocycles. The molecular formula is C23H18ClF3N2O. The first-order valence-corrected chi connectivity index (χ1v) is 9.67. The van der Waals surface area contributed by atoms with Gasteiger partial charge in [-0.1, -0.05) is 23.7 Å². The zero-order chi connectivity index (χ0) is 21.3. The molecule has 3 aromatic rings. The summed E-state index contributed by atoms with van der Waals surface area (Å²) in [5, 5.41) is 7.14. The topological polar surface area (TPSA) is 24.8 Å². The zero-order valence-corrected chi connectivity index (χ0v) is 16.8. The Kier molecular flexibility index (Phi) is 5.43. The number of hydrogen-bond acceptors (Lipinski definition) is 3. The minimum Gasteiger partial charge on any atom is -0.497 e. The van der Waals surface area contributed by atoms with E-state index in [1.807, 2.05) is 36.4 Å². The summed E-state index contributed by atoms with van der Waals surface area (Å²) in [6, 6.07) is 19.9. The molecule has 0 amide bonds. The molecule has 1 aliphatic rings. The fourth-order valence-electron chi connectivity index (χ4n) is 3.45. The summed E-state index contributed by atoms with van der Waals surface area (Å²) in [5.41, 5.74) is 2.66. The van der Waals surface area contributed by atoms with E-state index in [0.29, 0.717) is 17.1 Å². The number of halogens is 4. The van der Waals surface area contributed by atoms with E-state index < -0.39 is 11.7 Å². The standard InChI is InChI=1S/C23H18ClF3N2O/c1-30-20-12-4-15(5-13-20)21-14-22(16-2-8-18(24)9-3-16)29(28-21)19-10-6-17(7-11-19)23(25,26)27/h2-13,22H,14H2,1H3/t22-/m1/s1. The number of alkyl halides is 3. The molecule has 0 saturated heterocycles. The van der Waals surface area contributed by atoms with Crippen molar-refractivity contribution in [2.75, 3.05) is 12.1 Å². The first-order chi connectivity index (χ1) is 14.3. The van der Waals surface area contributed by atoms with Gasteiger partial charge in [-0.3, -0.25) is 5.01 Å². The third-order valence-corrected chi connectivity index (χ3v) is 5.30. The number of methoxy groups -OCH3 is 1. The molecule has 0 unspecified atom stereocenters. The molecule has 4 rings (SSSR count). The van der Waals surface area contributed by atoms with Crippen molar-refractivity contribution in [3.8, 4) is 5.75 Å². The van der Waals surface area contributed by atoms with Gasteiger partial charge in [0.2, 0.25) is 0 Å². The number of ether oxygens (including phenoxy) is 1. The Hall–Kier alpha value is -2.99. The van der Waals surface area contributed by atoms with Crippen molar-refractivity contribution in [1.82, 2.24) is 0 Å². The van der Waals surface area contributed by atoms with Crippen LogP contribution in [0.4, 0.5) is 18.9 Å². The summed E-state index contributed by atoms with van der Waals surface area (Å²) in [7, 11) is 1.60. The van der Waals surface area contributed by atoms with Crippen LogP contribution in [-0.4, -0.2) is 12.8 Å². The first kappa shape index (κ1) is 20.3. The molecule has 0 radical (unpaired) electrons. The Balaban J connectivity index is 1.71. The molecule has 154 valence electrons. The number of rotatable bonds is 4. The summed E-state index contributed by atoms with van der Waals surface area (Å²) in [4.78, 5) is 0. The molecule has 0 saturated carbocycles. The third-order valence-electron chi connectivity index (χ3n) is 5.05. The zero-order valence-electron chi connectivity index (χ0n) is 16.0. The molecule has 1 heterocycles. The summed E-state index contributed by atoms with van der Waals surface area (Å²) < 4.78 is 44.1. The van der Waals surface area contributed by atoms with Gasteiger partial charge in [-0.2, -0.15) is 18.3 Å². The summed E-state index contributed by atoms with van der Waals surface area (Å²) in [6.07, 6.45) is -3.77. The van der Waals surface area contributed by atoms with Crippen LogP contribution in [0, 0.1) is 0 Å². The average molecular weight is 431 g/mol. The maximum Gasteiger partial charge on any atom is 0.416 e. The number of nitrogens with zero attached hydrogens (tertiary/aromatic N) is 2. The van der Waals surface area contributed by atoms with E-state index in [1.54, 1.807) is 24.3 Å². The lowest BCUT2D eigenvalue weighted by atomic mass is 9.98. The van der Waals surface area contributed by atoms with Gasteiger partial charge in [0, 0.05) is 11.4 Å². The summed E-state index contributed by atoms with van der Waals surface area (Å²) in [6.45, 7) is 0. The van der Waals surface area contributed by atoms with Crippen molar-refractivity contribution in [2.24, 2.45) is 5.10 Å². The Labute approximate surface area is 177 Å². The van der Waals surface area contributed by atoms with Gasteiger partial charge in [0.25, 0.3) is 0 Å². The fraction of sp³-hybridized carbons (Fsp3) is 0.174. The molecule has 3 aromatic carbocycles. The Morgan fingerprint density at radius 3 is 2.13 bits per heavy atom. The quantitative estimate of drug-likeness (QED) is 0.458. The van der Waals surface area contributed by atoms with Gasteiger partial charge in [0.1, 0.15) is 5.75 Å². The highest BCUT2D eigenvalue weighted by atomic mass is 35.5. The van der Waals surface area contributed by atoms with Gasteiger partial charge in [-0.05, 0) is 71.8 Å². The Morgan fingerprint density at radius 1 is 0.933 bits per heavy atom. The lowest BCUT2D eigenvalue weighted by Gasteiger charge is -2.24. The lowest BCUT2D eigenvalue weighted by Crippen LogP contribution is -2.18. The molecule has 0 fully saturated rings. The predicted molar refractivity (Wildman–Crippen MR) is 112 cm³/mol. The molecular weight excluding hydrogens is 413 g/mol. The van der Waals surface area contributed by atoms with E-state index in [9.17, 15) is 13.2 Å². The SMILES string of the molecule is COc1ccc(C2=NN(c3ccc(C(F)(F)F)cc3)[C@@H](c3ccc(Cl)cc3)C2)cc1.